The molecule has 0 saturated heterocycles. The first-order valence-electron chi connectivity index (χ1n) is 39.2. The molecule has 114 heavy (non-hydrogen) atoms. The number of hydrogen-bond acceptors (Lipinski definition) is 17. The summed E-state index contributed by atoms with van der Waals surface area (Å²) in [6, 6.07) is 64.7. The number of aliphatic hydroxyl groups is 1. The van der Waals surface area contributed by atoms with E-state index in [1.807, 2.05) is 141 Å². The molecule has 1 N–H and O–H groups in total. The van der Waals surface area contributed by atoms with E-state index in [1.54, 1.807) is 25.9 Å². The average molecular weight is 1660 g/mol. The van der Waals surface area contributed by atoms with E-state index in [9.17, 15) is 9.59 Å². The van der Waals surface area contributed by atoms with E-state index in [2.05, 4.69) is 184 Å². The number of aliphatic hydroxyl groups excluding tert-OH is 1. The zero-order valence-corrected chi connectivity index (χ0v) is 77.3. The van der Waals surface area contributed by atoms with Gasteiger partial charge in [0.05, 0.1) is 35.1 Å². The number of ketones is 2. The Labute approximate surface area is 775 Å². The van der Waals surface area contributed by atoms with Gasteiger partial charge in [0.2, 0.25) is 0 Å². The molecule has 0 saturated carbocycles. The Morgan fingerprint density at radius 3 is 1.50 bits per heavy atom. The molecule has 11 rings (SSSR count). The molecule has 3 aromatic heterocycles. The molecule has 10 aromatic rings. The van der Waals surface area contributed by atoms with Crippen LogP contribution in [-0.2, 0) is 53.9 Å². The maximum absolute atomic E-state index is 12.3. The first-order valence-corrected chi connectivity index (χ1v) is 40.3. The summed E-state index contributed by atoms with van der Waals surface area (Å²) in [4.78, 5) is 66.4. The van der Waals surface area contributed by atoms with Crippen LogP contribution in [0.2, 0.25) is 0 Å². The molecule has 0 bridgehead atoms. The van der Waals surface area contributed by atoms with Crippen LogP contribution in [-0.4, -0.2) is 103 Å². The average Bonchev–Trinajstić information content (AvgIpc) is 0.836. The molecule has 0 aliphatic carbocycles. The summed E-state index contributed by atoms with van der Waals surface area (Å²) in [7, 11) is 3.90. The van der Waals surface area contributed by atoms with Crippen molar-refractivity contribution in [2.45, 2.75) is 176 Å². The number of alkyl halides is 1. The number of benzene rings is 7. The monoisotopic (exact) mass is 1660 g/mol. The van der Waals surface area contributed by atoms with E-state index in [0.717, 1.165) is 151 Å². The van der Waals surface area contributed by atoms with Crippen molar-refractivity contribution in [3.05, 3.63) is 295 Å². The minimum atomic E-state index is -0.181. The third-order valence-electron chi connectivity index (χ3n) is 17.2. The van der Waals surface area contributed by atoms with Crippen LogP contribution in [0.5, 0.6) is 17.2 Å². The van der Waals surface area contributed by atoms with Gasteiger partial charge < -0.3 is 35.8 Å². The number of Topliss-reactive ketones (excluding diaryl/α,β-unsaturated/α-hetero) is 2. The number of rotatable bonds is 33. The van der Waals surface area contributed by atoms with Gasteiger partial charge in [0.1, 0.15) is 37.9 Å². The first kappa shape index (κ1) is 103. The minimum Gasteiger partial charge on any atom is -1.00 e. The third-order valence-corrected chi connectivity index (χ3v) is 17.7. The molecule has 0 atom stereocenters. The number of carbonyl (C=O) groups is 3. The summed E-state index contributed by atoms with van der Waals surface area (Å²) in [5.41, 5.74) is 17.5. The van der Waals surface area contributed by atoms with Gasteiger partial charge in [-0.3, -0.25) is 19.3 Å². The van der Waals surface area contributed by atoms with Crippen molar-refractivity contribution in [3.63, 3.8) is 0 Å². The largest absolute Gasteiger partial charge is 1.00 e. The number of halogens is 1. The third kappa shape index (κ3) is 39.7. The van der Waals surface area contributed by atoms with Gasteiger partial charge >= 0.3 is 103 Å². The summed E-state index contributed by atoms with van der Waals surface area (Å²) in [5, 5.41) is 16.8. The van der Waals surface area contributed by atoms with Gasteiger partial charge in [0, 0.05) is 109 Å². The molecule has 0 fully saturated rings. The summed E-state index contributed by atoms with van der Waals surface area (Å²) in [6.07, 6.45) is 25.9. The van der Waals surface area contributed by atoms with Gasteiger partial charge in [0.25, 0.3) is 6.47 Å². The Hall–Kier alpha value is -7.10. The zero-order chi connectivity index (χ0) is 81.2. The van der Waals surface area contributed by atoms with E-state index < -0.39 is 0 Å². The van der Waals surface area contributed by atoms with Crippen LogP contribution in [0.3, 0.4) is 0 Å². The van der Waals surface area contributed by atoms with E-state index >= 15 is 0 Å². The standard InChI is InChI=1S/C33H37N3O3.C15H17BrN2.C15H21NO.C14H16N2.C12H16O.C2H6O.C2H4.CH2O3.2K.H/c1-3-5-14-29-30(34-24-35-33(29)27-11-7-6-8-12-27)23-36(21-25-10-9-13-28(19-25)37-4-2)22-26-15-16-31-32(20-26)39-18-17-38-31;1-2-3-9-13-14(10-16)17-11-18-15(13)12-7-5-4-6-8-12;1-4-5-9-14(12-16(2)3)15(17)13-10-7-6-8-11-13;1-2-3-7-13-10-15-11-16-14(13)12-8-5-4-6-9-12;1-2-3-5-10-12(13)11-8-6-4-7-9-11;1-2-3;1-2;2-1-4-3;;;/h6-13,15-16,19-20,24H,3-5,14,17-18,21-23H2,1-2H3;4-8,11H,2-3,9-10H2,1H3;6-8,10-12H,4-5,9H2,1-3H3;4-6,8-11H,2-3,7H2,1H3;4,6-9H,2-3,5,10H2,1H3;3H,2H2,1H3;1-2H2;1,3H;;;/q;;;;;;;;2*+1;-1/p-1/b;;14-12-;;;;;;;;. The molecule has 20 heteroatoms. The summed E-state index contributed by atoms with van der Waals surface area (Å²) in [6.45, 7) is 24.7. The quantitative estimate of drug-likeness (QED) is 0.00466. The van der Waals surface area contributed by atoms with E-state index in [0.29, 0.717) is 32.8 Å². The van der Waals surface area contributed by atoms with Crippen LogP contribution in [0.15, 0.2) is 244 Å². The maximum atomic E-state index is 12.3. The minimum absolute atomic E-state index is 0. The molecule has 0 radical (unpaired) electrons. The number of nitrogens with zero attached hydrogens (tertiary/aromatic N) is 8. The number of carbonyl (C=O) groups excluding carboxylic acids is 3. The second-order valence-corrected chi connectivity index (χ2v) is 26.7. The fraction of sp³-hybridized carbons (Fsp3) is 0.351. The van der Waals surface area contributed by atoms with Crippen molar-refractivity contribution in [2.75, 3.05) is 40.5 Å². The second-order valence-electron chi connectivity index (χ2n) is 26.1. The van der Waals surface area contributed by atoms with Gasteiger partial charge in [-0.05, 0) is 113 Å². The van der Waals surface area contributed by atoms with Crippen LogP contribution in [0, 0.1) is 0 Å². The molecule has 1 aliphatic heterocycles. The maximum Gasteiger partial charge on any atom is 1.00 e. The van der Waals surface area contributed by atoms with Gasteiger partial charge in [-0.2, -0.15) is 0 Å². The fourth-order valence-electron chi connectivity index (χ4n) is 11.8. The zero-order valence-electron chi connectivity index (χ0n) is 70.5. The van der Waals surface area contributed by atoms with Crippen LogP contribution in [0.4, 0.5) is 0 Å². The number of aromatic nitrogens is 6. The molecule has 0 unspecified atom stereocenters. The Balaban J connectivity index is 0.000000741. The molecule has 17 nitrogen and oxygen atoms in total. The molecule has 1 aliphatic rings. The number of ether oxygens (including phenoxy) is 3. The number of allylic oxidation sites excluding steroid dienone is 1. The van der Waals surface area contributed by atoms with E-state index in [1.165, 1.54) is 71.0 Å². The van der Waals surface area contributed by atoms with Crippen LogP contribution >= 0.6 is 15.9 Å². The summed E-state index contributed by atoms with van der Waals surface area (Å²) >= 11 is 3.52. The van der Waals surface area contributed by atoms with Crippen molar-refractivity contribution in [1.29, 1.82) is 0 Å². The van der Waals surface area contributed by atoms with Crippen molar-refractivity contribution < 1.29 is 148 Å². The SMILES string of the molecule is C=C.CCCC/C(=C/N(C)C)C(=O)c1ccccc1.CCCCCC(=O)c1ccccc1.CCCCc1c(CBr)ncnc1-c1ccccc1.CCCCc1c(CN(Cc2cccc(OCC)c2)Cc2ccc3c(c2)OCCO3)ncnc1-c1ccccc1.CCCCc1cncnc1-c1ccccc1.CCO.O=CO[O-].[H-].[K+].[K+]. The van der Waals surface area contributed by atoms with Crippen molar-refractivity contribution in [1.82, 2.24) is 39.7 Å². The Morgan fingerprint density at radius 1 is 0.535 bits per heavy atom. The number of hydrogen-bond donors (Lipinski definition) is 1. The van der Waals surface area contributed by atoms with Crippen molar-refractivity contribution in [3.8, 4) is 51.0 Å². The predicted octanol–water partition coefficient (Wildman–Crippen LogP) is 15.0. The van der Waals surface area contributed by atoms with Gasteiger partial charge in [-0.1, -0.05) is 259 Å². The van der Waals surface area contributed by atoms with E-state index in [-0.39, 0.29) is 129 Å². The topological polar surface area (TPSA) is 215 Å². The van der Waals surface area contributed by atoms with Crippen LogP contribution in [0.25, 0.3) is 33.8 Å². The van der Waals surface area contributed by atoms with Crippen LogP contribution < -0.4 is 122 Å². The van der Waals surface area contributed by atoms with Crippen molar-refractivity contribution >= 4 is 34.0 Å². The molecule has 598 valence electrons. The summed E-state index contributed by atoms with van der Waals surface area (Å²) < 4.78 is 17.4. The molecule has 4 heterocycles. The second kappa shape index (κ2) is 65.0. The molecular weight excluding hydrogens is 1540 g/mol. The van der Waals surface area contributed by atoms with Gasteiger partial charge in [0.15, 0.2) is 23.1 Å². The number of aryl methyl sites for hydroxylation is 1. The molecule has 7 aromatic carbocycles. The molecule has 0 spiro atoms. The Bertz CT molecular complexity index is 4220. The van der Waals surface area contributed by atoms with Crippen LogP contribution in [0.1, 0.15) is 193 Å². The molecular formula is C94H119BrK2N8O9. The smallest absolute Gasteiger partial charge is 1.00 e. The van der Waals surface area contributed by atoms with Gasteiger partial charge in [-0.25, -0.2) is 29.9 Å². The Morgan fingerprint density at radius 2 is 1.00 bits per heavy atom. The molecule has 0 amide bonds. The van der Waals surface area contributed by atoms with E-state index in [4.69, 9.17) is 39.3 Å². The van der Waals surface area contributed by atoms with Gasteiger partial charge in [-0.15, -0.1) is 13.2 Å². The Kier molecular flexibility index (Phi) is 58.7. The first-order chi connectivity index (χ1) is 54.8. The fourth-order valence-corrected chi connectivity index (χ4v) is 12.3. The predicted molar refractivity (Wildman–Crippen MR) is 458 cm³/mol. The number of unbranched alkanes of at least 4 members (excludes halogenated alkanes) is 6. The normalized spacial score (nSPS) is 10.6. The summed E-state index contributed by atoms with van der Waals surface area (Å²) in [5.74, 6) is 2.94. The van der Waals surface area contributed by atoms with Crippen molar-refractivity contribution in [2.24, 2.45) is 0 Å². The number of fused-ring (bicyclic) bond motifs is 1.